The standard InChI is InChI=1S/C24H26N4O4S/c1-27(33(30,31)21-9-7-17-6-8-20(32-2)13-19(17)14-21)22-10-11-28(24(22)29)15-16-4-3-5-18(12-16)23(25)26/h3-9,12-14,22H,10-11,15H2,1-2H3,(H3,25,26)/t22-/m1/s1. The third-order valence-electron chi connectivity index (χ3n) is 6.02. The molecule has 1 heterocycles. The Morgan fingerprint density at radius 3 is 2.64 bits per heavy atom. The predicted octanol–water partition coefficient (Wildman–Crippen LogP) is 2.55. The summed E-state index contributed by atoms with van der Waals surface area (Å²) in [5.74, 6) is 0.360. The average molecular weight is 467 g/mol. The lowest BCUT2D eigenvalue weighted by atomic mass is 10.1. The van der Waals surface area contributed by atoms with Crippen LogP contribution in [0.15, 0.2) is 65.6 Å². The van der Waals surface area contributed by atoms with Crippen LogP contribution < -0.4 is 10.5 Å². The number of nitrogen functional groups attached to an aromatic ring is 1. The average Bonchev–Trinajstić information content (AvgIpc) is 3.17. The molecule has 9 heteroatoms. The zero-order chi connectivity index (χ0) is 23.8. The molecule has 0 spiro atoms. The van der Waals surface area contributed by atoms with Gasteiger partial charge in [0.05, 0.1) is 12.0 Å². The Balaban J connectivity index is 1.54. The zero-order valence-corrected chi connectivity index (χ0v) is 19.3. The fourth-order valence-electron chi connectivity index (χ4n) is 4.10. The fraction of sp³-hybridized carbons (Fsp3) is 0.250. The summed E-state index contributed by atoms with van der Waals surface area (Å²) in [6.07, 6.45) is 0.405. The number of amidine groups is 1. The van der Waals surface area contributed by atoms with E-state index in [0.29, 0.717) is 30.8 Å². The van der Waals surface area contributed by atoms with Gasteiger partial charge in [0.2, 0.25) is 15.9 Å². The summed E-state index contributed by atoms with van der Waals surface area (Å²) in [6.45, 7) is 0.780. The van der Waals surface area contributed by atoms with Crippen LogP contribution in [0.2, 0.25) is 0 Å². The molecule has 1 atom stereocenters. The second kappa shape index (κ2) is 8.84. The molecule has 1 amide bonds. The van der Waals surface area contributed by atoms with Crippen LogP contribution in [0.1, 0.15) is 17.5 Å². The minimum absolute atomic E-state index is 0.0405. The minimum Gasteiger partial charge on any atom is -0.497 e. The molecule has 0 radical (unpaired) electrons. The topological polar surface area (TPSA) is 117 Å². The third-order valence-corrected chi connectivity index (χ3v) is 7.88. The Hall–Kier alpha value is -3.43. The van der Waals surface area contributed by atoms with Crippen LogP contribution in [0, 0.1) is 5.41 Å². The van der Waals surface area contributed by atoms with E-state index in [-0.39, 0.29) is 16.6 Å². The Kier molecular flexibility index (Phi) is 6.09. The van der Waals surface area contributed by atoms with Crippen LogP contribution in [-0.2, 0) is 21.4 Å². The van der Waals surface area contributed by atoms with Crippen molar-refractivity contribution in [2.75, 3.05) is 20.7 Å². The zero-order valence-electron chi connectivity index (χ0n) is 18.5. The number of hydrogen-bond donors (Lipinski definition) is 2. The van der Waals surface area contributed by atoms with Gasteiger partial charge in [-0.2, -0.15) is 4.31 Å². The molecule has 0 unspecified atom stereocenters. The van der Waals surface area contributed by atoms with Crippen LogP contribution in [0.25, 0.3) is 10.8 Å². The first-order chi connectivity index (χ1) is 15.7. The van der Waals surface area contributed by atoms with Gasteiger partial charge in [-0.05, 0) is 53.1 Å². The number of benzene rings is 3. The number of sulfonamides is 1. The van der Waals surface area contributed by atoms with Crippen molar-refractivity contribution in [1.82, 2.24) is 9.21 Å². The molecule has 4 rings (SSSR count). The van der Waals surface area contributed by atoms with Gasteiger partial charge in [0.15, 0.2) is 0 Å². The highest BCUT2D eigenvalue weighted by atomic mass is 32.2. The van der Waals surface area contributed by atoms with E-state index in [4.69, 9.17) is 15.9 Å². The predicted molar refractivity (Wildman–Crippen MR) is 127 cm³/mol. The summed E-state index contributed by atoms with van der Waals surface area (Å²) in [7, 11) is -0.869. The van der Waals surface area contributed by atoms with Crippen LogP contribution in [0.3, 0.4) is 0 Å². The lowest BCUT2D eigenvalue weighted by molar-refractivity contribution is -0.131. The SMILES string of the molecule is COc1ccc2ccc(S(=O)(=O)N(C)[C@@H]3CCN(Cc4cccc(C(=N)N)c4)C3=O)cc2c1. The molecule has 1 fully saturated rings. The van der Waals surface area contributed by atoms with E-state index < -0.39 is 16.1 Å². The van der Waals surface area contributed by atoms with Gasteiger partial charge in [0.25, 0.3) is 0 Å². The number of likely N-dealkylation sites (tertiary alicyclic amines) is 1. The largest absolute Gasteiger partial charge is 0.497 e. The maximum absolute atomic E-state index is 13.3. The number of fused-ring (bicyclic) bond motifs is 1. The maximum atomic E-state index is 13.3. The maximum Gasteiger partial charge on any atom is 0.243 e. The molecular formula is C24H26N4O4S. The molecule has 1 aliphatic rings. The summed E-state index contributed by atoms with van der Waals surface area (Å²) in [5, 5.41) is 9.23. The van der Waals surface area contributed by atoms with E-state index in [1.54, 1.807) is 54.5 Å². The monoisotopic (exact) mass is 466 g/mol. The molecule has 1 saturated heterocycles. The van der Waals surface area contributed by atoms with Crippen LogP contribution in [0.5, 0.6) is 5.75 Å². The Bertz CT molecular complexity index is 1340. The highest BCUT2D eigenvalue weighted by Gasteiger charge is 2.39. The summed E-state index contributed by atoms with van der Waals surface area (Å²) in [4.78, 5) is 14.9. The van der Waals surface area contributed by atoms with Gasteiger partial charge in [-0.25, -0.2) is 8.42 Å². The Labute approximate surface area is 193 Å². The van der Waals surface area contributed by atoms with Crippen LogP contribution >= 0.6 is 0 Å². The minimum atomic E-state index is -3.88. The van der Waals surface area contributed by atoms with Gasteiger partial charge in [0.1, 0.15) is 17.6 Å². The van der Waals surface area contributed by atoms with Crippen molar-refractivity contribution in [2.24, 2.45) is 5.73 Å². The molecule has 8 nitrogen and oxygen atoms in total. The second-order valence-electron chi connectivity index (χ2n) is 8.07. The lowest BCUT2D eigenvalue weighted by Crippen LogP contribution is -2.42. The van der Waals surface area contributed by atoms with Crippen LogP contribution in [-0.4, -0.2) is 56.1 Å². The summed E-state index contributed by atoms with van der Waals surface area (Å²) in [5.41, 5.74) is 6.98. The van der Waals surface area contributed by atoms with Crippen molar-refractivity contribution < 1.29 is 17.9 Å². The van der Waals surface area contributed by atoms with E-state index in [9.17, 15) is 13.2 Å². The molecule has 33 heavy (non-hydrogen) atoms. The number of hydrogen-bond acceptors (Lipinski definition) is 5. The Morgan fingerprint density at radius 2 is 1.91 bits per heavy atom. The third kappa shape index (κ3) is 4.42. The van der Waals surface area contributed by atoms with Gasteiger partial charge in [-0.3, -0.25) is 10.2 Å². The lowest BCUT2D eigenvalue weighted by Gasteiger charge is -2.24. The molecule has 3 N–H and O–H groups in total. The van der Waals surface area contributed by atoms with Crippen molar-refractivity contribution in [3.8, 4) is 5.75 Å². The molecule has 0 saturated carbocycles. The van der Waals surface area contributed by atoms with Gasteiger partial charge >= 0.3 is 0 Å². The number of likely N-dealkylation sites (N-methyl/N-ethyl adjacent to an activating group) is 1. The number of rotatable bonds is 7. The molecule has 3 aromatic rings. The molecule has 3 aromatic carbocycles. The number of nitrogens with one attached hydrogen (secondary N) is 1. The number of carbonyl (C=O) groups is 1. The van der Waals surface area contributed by atoms with E-state index in [1.807, 2.05) is 18.2 Å². The van der Waals surface area contributed by atoms with E-state index in [1.165, 1.54) is 11.4 Å². The van der Waals surface area contributed by atoms with Crippen molar-refractivity contribution >= 4 is 32.5 Å². The summed E-state index contributed by atoms with van der Waals surface area (Å²) < 4.78 is 33.1. The molecule has 0 aromatic heterocycles. The van der Waals surface area contributed by atoms with Gasteiger partial charge < -0.3 is 15.4 Å². The van der Waals surface area contributed by atoms with Crippen LogP contribution in [0.4, 0.5) is 0 Å². The highest BCUT2D eigenvalue weighted by molar-refractivity contribution is 7.89. The molecular weight excluding hydrogens is 440 g/mol. The molecule has 1 aliphatic heterocycles. The first-order valence-electron chi connectivity index (χ1n) is 10.5. The van der Waals surface area contributed by atoms with E-state index in [0.717, 1.165) is 16.3 Å². The number of nitrogens with zero attached hydrogens (tertiary/aromatic N) is 2. The molecule has 172 valence electrons. The first kappa shape index (κ1) is 22.8. The Morgan fingerprint density at radius 1 is 1.15 bits per heavy atom. The summed E-state index contributed by atoms with van der Waals surface area (Å²) in [6, 6.07) is 16.8. The number of nitrogens with two attached hydrogens (primary N) is 1. The van der Waals surface area contributed by atoms with Gasteiger partial charge in [0, 0.05) is 25.7 Å². The van der Waals surface area contributed by atoms with Crippen molar-refractivity contribution in [1.29, 1.82) is 5.41 Å². The van der Waals surface area contributed by atoms with Gasteiger partial charge in [-0.15, -0.1) is 0 Å². The van der Waals surface area contributed by atoms with Gasteiger partial charge in [-0.1, -0.05) is 30.3 Å². The second-order valence-corrected chi connectivity index (χ2v) is 10.1. The number of carbonyl (C=O) groups excluding carboxylic acids is 1. The quantitative estimate of drug-likeness (QED) is 0.410. The molecule has 0 aliphatic carbocycles. The van der Waals surface area contributed by atoms with Crippen molar-refractivity contribution in [2.45, 2.75) is 23.9 Å². The van der Waals surface area contributed by atoms with Crippen molar-refractivity contribution in [3.05, 3.63) is 71.8 Å². The molecule has 0 bridgehead atoms. The first-order valence-corrected chi connectivity index (χ1v) is 11.9. The number of ether oxygens (including phenoxy) is 1. The van der Waals surface area contributed by atoms with E-state index >= 15 is 0 Å². The van der Waals surface area contributed by atoms with Crippen molar-refractivity contribution in [3.63, 3.8) is 0 Å². The highest BCUT2D eigenvalue weighted by Crippen LogP contribution is 2.28. The smallest absolute Gasteiger partial charge is 0.243 e. The number of amides is 1. The fourth-order valence-corrected chi connectivity index (χ4v) is 5.48. The number of methoxy groups -OCH3 is 1. The summed E-state index contributed by atoms with van der Waals surface area (Å²) >= 11 is 0. The normalized spacial score (nSPS) is 16.5. The van der Waals surface area contributed by atoms with E-state index in [2.05, 4.69) is 0 Å².